The van der Waals surface area contributed by atoms with Crippen LogP contribution in [0.3, 0.4) is 0 Å². The standard InChI is InChI=1S/C65H46N2/c1-65(2)60-28-14-10-24-53(60)54-39-37-48(42-61(54)65)66(46-34-32-44(33-35-46)43-18-4-3-5-19-43)47-36-38-52(59(41-47)58-40-45-20-6-7-21-49(45)50-22-8-9-23-51(50)58)55-25-11-15-29-62(55)67-63-30-16-12-26-56(63)57-27-13-17-31-64(57)67/h3-42H,1-2H3. The molecule has 0 unspecified atom stereocenters. The summed E-state index contributed by atoms with van der Waals surface area (Å²) in [5.74, 6) is 0. The van der Waals surface area contributed by atoms with Gasteiger partial charge in [-0.05, 0) is 132 Å². The lowest BCUT2D eigenvalue weighted by molar-refractivity contribution is 0.660. The van der Waals surface area contributed by atoms with Gasteiger partial charge in [0.15, 0.2) is 0 Å². The minimum absolute atomic E-state index is 0.152. The first-order valence-corrected chi connectivity index (χ1v) is 23.3. The van der Waals surface area contributed by atoms with Gasteiger partial charge in [-0.1, -0.05) is 196 Å². The van der Waals surface area contributed by atoms with Crippen molar-refractivity contribution in [1.82, 2.24) is 4.57 Å². The second-order valence-corrected chi connectivity index (χ2v) is 18.5. The quantitative estimate of drug-likeness (QED) is 0.145. The molecule has 67 heavy (non-hydrogen) atoms. The summed E-state index contributed by atoms with van der Waals surface area (Å²) in [6.45, 7) is 4.74. The van der Waals surface area contributed by atoms with Crippen molar-refractivity contribution in [3.8, 4) is 50.2 Å². The number of aromatic nitrogens is 1. The van der Waals surface area contributed by atoms with E-state index in [-0.39, 0.29) is 5.41 Å². The van der Waals surface area contributed by atoms with Gasteiger partial charge in [0.2, 0.25) is 0 Å². The largest absolute Gasteiger partial charge is 0.310 e. The van der Waals surface area contributed by atoms with Crippen LogP contribution < -0.4 is 4.90 Å². The molecule has 0 atom stereocenters. The van der Waals surface area contributed by atoms with Crippen LogP contribution in [0.5, 0.6) is 0 Å². The molecule has 1 aliphatic carbocycles. The number of benzene rings is 11. The van der Waals surface area contributed by atoms with Crippen molar-refractivity contribution in [2.75, 3.05) is 4.90 Å². The summed E-state index contributed by atoms with van der Waals surface area (Å²) in [6, 6.07) is 89.7. The Labute approximate surface area is 391 Å². The molecule has 0 fully saturated rings. The Bertz CT molecular complexity index is 3840. The average Bonchev–Trinajstić information content (AvgIpc) is 3.84. The Morgan fingerprint density at radius 3 is 1.58 bits per heavy atom. The van der Waals surface area contributed by atoms with Crippen LogP contribution in [-0.4, -0.2) is 4.57 Å². The fraction of sp³-hybridized carbons (Fsp3) is 0.0462. The molecule has 1 aliphatic rings. The van der Waals surface area contributed by atoms with Gasteiger partial charge in [0.25, 0.3) is 0 Å². The van der Waals surface area contributed by atoms with Gasteiger partial charge in [0, 0.05) is 38.8 Å². The lowest BCUT2D eigenvalue weighted by Gasteiger charge is -2.29. The molecule has 12 aromatic rings. The summed E-state index contributed by atoms with van der Waals surface area (Å²) < 4.78 is 2.46. The second-order valence-electron chi connectivity index (χ2n) is 18.5. The molecule has 1 aromatic heterocycles. The number of fused-ring (bicyclic) bond motifs is 9. The molecular formula is C65H46N2. The molecule has 0 saturated carbocycles. The highest BCUT2D eigenvalue weighted by Crippen LogP contribution is 2.52. The monoisotopic (exact) mass is 854 g/mol. The highest BCUT2D eigenvalue weighted by atomic mass is 15.1. The van der Waals surface area contributed by atoms with E-state index >= 15 is 0 Å². The minimum Gasteiger partial charge on any atom is -0.310 e. The van der Waals surface area contributed by atoms with Crippen molar-refractivity contribution in [1.29, 1.82) is 0 Å². The third-order valence-electron chi connectivity index (χ3n) is 14.4. The molecule has 0 amide bonds. The van der Waals surface area contributed by atoms with E-state index in [4.69, 9.17) is 0 Å². The molecule has 2 nitrogen and oxygen atoms in total. The Balaban J connectivity index is 1.08. The summed E-state index contributed by atoms with van der Waals surface area (Å²) in [6.07, 6.45) is 0. The Kier molecular flexibility index (Phi) is 8.91. The van der Waals surface area contributed by atoms with Crippen molar-refractivity contribution in [2.24, 2.45) is 0 Å². The molecule has 0 radical (unpaired) electrons. The zero-order chi connectivity index (χ0) is 44.6. The lowest BCUT2D eigenvalue weighted by atomic mass is 9.82. The van der Waals surface area contributed by atoms with Gasteiger partial charge < -0.3 is 9.47 Å². The lowest BCUT2D eigenvalue weighted by Crippen LogP contribution is -2.16. The second kappa shape index (κ2) is 15.3. The van der Waals surface area contributed by atoms with E-state index in [1.54, 1.807) is 0 Å². The van der Waals surface area contributed by atoms with Gasteiger partial charge in [-0.15, -0.1) is 0 Å². The first-order valence-electron chi connectivity index (χ1n) is 23.3. The van der Waals surface area contributed by atoms with Crippen LogP contribution in [-0.2, 0) is 5.41 Å². The highest BCUT2D eigenvalue weighted by molar-refractivity contribution is 6.16. The van der Waals surface area contributed by atoms with Crippen LogP contribution in [0.1, 0.15) is 25.0 Å². The summed E-state index contributed by atoms with van der Waals surface area (Å²) in [5, 5.41) is 7.45. The Morgan fingerprint density at radius 2 is 0.836 bits per heavy atom. The first kappa shape index (κ1) is 39.0. The number of para-hydroxylation sites is 3. The smallest absolute Gasteiger partial charge is 0.0541 e. The van der Waals surface area contributed by atoms with Crippen molar-refractivity contribution in [2.45, 2.75) is 19.3 Å². The maximum Gasteiger partial charge on any atom is 0.0541 e. The number of anilines is 3. The maximum absolute atomic E-state index is 2.46. The van der Waals surface area contributed by atoms with E-state index in [0.29, 0.717) is 0 Å². The van der Waals surface area contributed by atoms with Crippen LogP contribution in [0.2, 0.25) is 0 Å². The van der Waals surface area contributed by atoms with E-state index in [1.165, 1.54) is 99.0 Å². The van der Waals surface area contributed by atoms with E-state index in [1.807, 2.05) is 0 Å². The number of nitrogens with zero attached hydrogens (tertiary/aromatic N) is 2. The fourth-order valence-electron chi connectivity index (χ4n) is 11.2. The maximum atomic E-state index is 2.46. The summed E-state index contributed by atoms with van der Waals surface area (Å²) in [4.78, 5) is 2.46. The third kappa shape index (κ3) is 6.18. The minimum atomic E-state index is -0.152. The predicted molar refractivity (Wildman–Crippen MR) is 284 cm³/mol. The van der Waals surface area contributed by atoms with Crippen LogP contribution in [0, 0.1) is 0 Å². The van der Waals surface area contributed by atoms with Gasteiger partial charge in [-0.25, -0.2) is 0 Å². The molecule has 0 saturated heterocycles. The SMILES string of the molecule is CC1(C)c2ccccc2-c2ccc(N(c3ccc(-c4ccccc4)cc3)c3ccc(-c4ccccc4-n4c5ccccc5c5ccccc54)c(-c4cc5ccccc5c5ccccc45)c3)cc21. The molecule has 2 heteroatoms. The van der Waals surface area contributed by atoms with E-state index in [2.05, 4.69) is 266 Å². The number of hydrogen-bond acceptors (Lipinski definition) is 1. The van der Waals surface area contributed by atoms with Crippen LogP contribution in [0.4, 0.5) is 17.1 Å². The van der Waals surface area contributed by atoms with Gasteiger partial charge in [0.1, 0.15) is 0 Å². The van der Waals surface area contributed by atoms with Crippen molar-refractivity contribution >= 4 is 60.4 Å². The molecule has 316 valence electrons. The molecular weight excluding hydrogens is 809 g/mol. The topological polar surface area (TPSA) is 8.17 Å². The molecule has 11 aromatic carbocycles. The summed E-state index contributed by atoms with van der Waals surface area (Å²) >= 11 is 0. The van der Waals surface area contributed by atoms with E-state index < -0.39 is 0 Å². The van der Waals surface area contributed by atoms with E-state index in [0.717, 1.165) is 22.7 Å². The summed E-state index contributed by atoms with van der Waals surface area (Å²) in [7, 11) is 0. The zero-order valence-electron chi connectivity index (χ0n) is 37.5. The van der Waals surface area contributed by atoms with E-state index in [9.17, 15) is 0 Å². The van der Waals surface area contributed by atoms with Crippen molar-refractivity contribution in [3.63, 3.8) is 0 Å². The highest BCUT2D eigenvalue weighted by Gasteiger charge is 2.36. The van der Waals surface area contributed by atoms with Crippen LogP contribution in [0.25, 0.3) is 93.5 Å². The van der Waals surface area contributed by atoms with Crippen LogP contribution in [0.15, 0.2) is 243 Å². The van der Waals surface area contributed by atoms with Crippen molar-refractivity contribution < 1.29 is 0 Å². The molecule has 13 rings (SSSR count). The Morgan fingerprint density at radius 1 is 0.313 bits per heavy atom. The number of rotatable bonds is 7. The molecule has 0 aliphatic heterocycles. The molecule has 0 spiro atoms. The fourth-order valence-corrected chi connectivity index (χ4v) is 11.2. The molecule has 0 bridgehead atoms. The Hall–Kier alpha value is -8.46. The zero-order valence-corrected chi connectivity index (χ0v) is 37.5. The number of hydrogen-bond donors (Lipinski definition) is 0. The van der Waals surface area contributed by atoms with Gasteiger partial charge >= 0.3 is 0 Å². The summed E-state index contributed by atoms with van der Waals surface area (Å²) in [5.41, 5.74) is 19.1. The molecule has 1 heterocycles. The van der Waals surface area contributed by atoms with Gasteiger partial charge in [-0.3, -0.25) is 0 Å². The average molecular weight is 855 g/mol. The normalized spacial score (nSPS) is 12.7. The molecule has 0 N–H and O–H groups in total. The van der Waals surface area contributed by atoms with Gasteiger partial charge in [0.05, 0.1) is 16.7 Å². The van der Waals surface area contributed by atoms with Gasteiger partial charge in [-0.2, -0.15) is 0 Å². The third-order valence-corrected chi connectivity index (χ3v) is 14.4. The first-order chi connectivity index (χ1) is 33.0. The predicted octanol–water partition coefficient (Wildman–Crippen LogP) is 17.9. The van der Waals surface area contributed by atoms with Crippen LogP contribution >= 0.6 is 0 Å². The van der Waals surface area contributed by atoms with Crippen molar-refractivity contribution in [3.05, 3.63) is 254 Å².